The Morgan fingerprint density at radius 2 is 1.96 bits per heavy atom. The van der Waals surface area contributed by atoms with Crippen molar-refractivity contribution in [2.75, 3.05) is 0 Å². The van der Waals surface area contributed by atoms with Gasteiger partial charge in [0.05, 0.1) is 5.41 Å². The van der Waals surface area contributed by atoms with Gasteiger partial charge in [-0.25, -0.2) is 0 Å². The number of ether oxygens (including phenoxy) is 1. The van der Waals surface area contributed by atoms with Crippen LogP contribution in [0.1, 0.15) is 53.4 Å². The summed E-state index contributed by atoms with van der Waals surface area (Å²) in [4.78, 5) is 25.3. The lowest BCUT2D eigenvalue weighted by molar-refractivity contribution is -0.145. The van der Waals surface area contributed by atoms with Crippen LogP contribution in [-0.2, 0) is 14.3 Å². The molecule has 23 heavy (non-hydrogen) atoms. The second-order valence-electron chi connectivity index (χ2n) is 8.80. The highest BCUT2D eigenvalue weighted by Crippen LogP contribution is 2.62. The lowest BCUT2D eigenvalue weighted by atomic mass is 9.55. The summed E-state index contributed by atoms with van der Waals surface area (Å²) in [6.07, 6.45) is 8.38. The second-order valence-corrected chi connectivity index (χ2v) is 8.80. The highest BCUT2D eigenvalue weighted by atomic mass is 16.6. The Hall–Kier alpha value is -1.38. The molecule has 3 aliphatic carbocycles. The third-order valence-electron chi connectivity index (χ3n) is 6.77. The lowest BCUT2D eigenvalue weighted by Crippen LogP contribution is -2.46. The molecule has 0 aromatic rings. The van der Waals surface area contributed by atoms with Gasteiger partial charge in [0.25, 0.3) is 0 Å². The summed E-state index contributed by atoms with van der Waals surface area (Å²) in [7, 11) is 0. The molecular weight excluding hydrogens is 288 g/mol. The van der Waals surface area contributed by atoms with Crippen LogP contribution in [0.4, 0.5) is 0 Å². The molecule has 3 nitrogen and oxygen atoms in total. The third kappa shape index (κ3) is 1.82. The molecule has 124 valence electrons. The molecule has 1 saturated heterocycles. The molecule has 1 heterocycles. The molecule has 3 heteroatoms. The molecule has 1 spiro atoms. The first kappa shape index (κ1) is 15.2. The van der Waals surface area contributed by atoms with Crippen molar-refractivity contribution in [2.45, 2.75) is 59.5 Å². The first-order valence-electron chi connectivity index (χ1n) is 8.95. The van der Waals surface area contributed by atoms with Crippen LogP contribution in [0.25, 0.3) is 0 Å². The van der Waals surface area contributed by atoms with Crippen molar-refractivity contribution < 1.29 is 14.3 Å². The molecule has 4 aliphatic rings. The summed E-state index contributed by atoms with van der Waals surface area (Å²) < 4.78 is 5.81. The molecule has 0 radical (unpaired) electrons. The van der Waals surface area contributed by atoms with Crippen LogP contribution in [0.5, 0.6) is 0 Å². The van der Waals surface area contributed by atoms with E-state index < -0.39 is 11.3 Å². The predicted octanol–water partition coefficient (Wildman–Crippen LogP) is 3.84. The fourth-order valence-corrected chi connectivity index (χ4v) is 5.50. The number of hydrogen-bond acceptors (Lipinski definition) is 3. The maximum Gasteiger partial charge on any atom is 0.318 e. The fourth-order valence-electron chi connectivity index (χ4n) is 5.50. The largest absolute Gasteiger partial charge is 0.456 e. The summed E-state index contributed by atoms with van der Waals surface area (Å²) in [5.41, 5.74) is 1.98. The highest BCUT2D eigenvalue weighted by Gasteiger charge is 2.66. The smallest absolute Gasteiger partial charge is 0.318 e. The number of hydrogen-bond donors (Lipinski definition) is 0. The molecule has 0 amide bonds. The number of carbonyl (C=O) groups excluding carboxylic acids is 2. The minimum Gasteiger partial charge on any atom is -0.456 e. The van der Waals surface area contributed by atoms with E-state index in [-0.39, 0.29) is 29.2 Å². The van der Waals surface area contributed by atoms with Gasteiger partial charge in [0.2, 0.25) is 0 Å². The number of allylic oxidation sites excluding steroid dienone is 2. The highest BCUT2D eigenvalue weighted by molar-refractivity contribution is 6.13. The monoisotopic (exact) mass is 314 g/mol. The van der Waals surface area contributed by atoms with Crippen molar-refractivity contribution in [3.8, 4) is 0 Å². The summed E-state index contributed by atoms with van der Waals surface area (Å²) in [5, 5.41) is 0. The maximum atomic E-state index is 12.8. The van der Waals surface area contributed by atoms with Crippen LogP contribution < -0.4 is 0 Å². The number of esters is 1. The van der Waals surface area contributed by atoms with Crippen LogP contribution in [0, 0.1) is 28.6 Å². The van der Waals surface area contributed by atoms with Crippen molar-refractivity contribution in [3.05, 3.63) is 23.3 Å². The van der Waals surface area contributed by atoms with Gasteiger partial charge in [0.1, 0.15) is 12.0 Å². The maximum absolute atomic E-state index is 12.8. The van der Waals surface area contributed by atoms with Gasteiger partial charge in [-0.2, -0.15) is 0 Å². The molecule has 0 aromatic carbocycles. The quantitative estimate of drug-likeness (QED) is 0.419. The van der Waals surface area contributed by atoms with E-state index in [4.69, 9.17) is 4.74 Å². The standard InChI is InChI=1S/C20H26O3/c1-11(2)13-10-20-9-7-14-12(6-5-8-19(14,3)4)17(20)23-18(22)15(20)16(13)21/h6,10-11,14-15,17H,5,7-9H2,1-4H3/t14-,15?,17-,20+/m0/s1. The first-order valence-corrected chi connectivity index (χ1v) is 8.95. The van der Waals surface area contributed by atoms with Crippen LogP contribution in [-0.4, -0.2) is 17.9 Å². The van der Waals surface area contributed by atoms with Crippen molar-refractivity contribution in [1.82, 2.24) is 0 Å². The number of Topliss-reactive ketones (excluding diaryl/α,β-unsaturated/α-hetero) is 1. The molecule has 0 N–H and O–H groups in total. The Balaban J connectivity index is 1.82. The number of rotatable bonds is 1. The van der Waals surface area contributed by atoms with Gasteiger partial charge in [-0.15, -0.1) is 0 Å². The van der Waals surface area contributed by atoms with Crippen molar-refractivity contribution >= 4 is 11.8 Å². The Labute approximate surface area is 138 Å². The van der Waals surface area contributed by atoms with Crippen LogP contribution in [0.3, 0.4) is 0 Å². The van der Waals surface area contributed by atoms with E-state index >= 15 is 0 Å². The van der Waals surface area contributed by atoms with Crippen molar-refractivity contribution in [2.24, 2.45) is 28.6 Å². The Morgan fingerprint density at radius 3 is 2.65 bits per heavy atom. The lowest BCUT2D eigenvalue weighted by Gasteiger charge is -2.48. The Bertz CT molecular complexity index is 652. The van der Waals surface area contributed by atoms with E-state index in [2.05, 4.69) is 26.0 Å². The molecule has 1 aliphatic heterocycles. The van der Waals surface area contributed by atoms with Gasteiger partial charge in [-0.1, -0.05) is 39.8 Å². The van der Waals surface area contributed by atoms with Gasteiger partial charge >= 0.3 is 5.97 Å². The molecule has 1 saturated carbocycles. The first-order chi connectivity index (χ1) is 10.8. The summed E-state index contributed by atoms with van der Waals surface area (Å²) in [6.45, 7) is 8.73. The second kappa shape index (κ2) is 4.58. The van der Waals surface area contributed by atoms with Crippen LogP contribution >= 0.6 is 0 Å². The molecule has 0 bridgehead atoms. The van der Waals surface area contributed by atoms with E-state index in [1.54, 1.807) is 0 Å². The van der Waals surface area contributed by atoms with Gasteiger partial charge in [0.15, 0.2) is 5.78 Å². The van der Waals surface area contributed by atoms with E-state index in [0.717, 1.165) is 24.8 Å². The topological polar surface area (TPSA) is 43.4 Å². The third-order valence-corrected chi connectivity index (χ3v) is 6.77. The molecule has 4 atom stereocenters. The Kier molecular flexibility index (Phi) is 3.02. The number of ketones is 1. The summed E-state index contributed by atoms with van der Waals surface area (Å²) >= 11 is 0. The predicted molar refractivity (Wildman–Crippen MR) is 87.6 cm³/mol. The SMILES string of the molecule is CC(C)C1=C[C@@]23CC[C@H]4C(=CCCC4(C)C)[C@@H]2OC(=O)C3C1=O. The molecule has 4 rings (SSSR count). The molecule has 0 aromatic heterocycles. The van der Waals surface area contributed by atoms with Gasteiger partial charge in [-0.3, -0.25) is 9.59 Å². The zero-order valence-electron chi connectivity index (χ0n) is 14.5. The summed E-state index contributed by atoms with van der Waals surface area (Å²) in [6, 6.07) is 0. The average Bonchev–Trinajstić information content (AvgIpc) is 2.91. The number of fused-ring (bicyclic) bond motifs is 2. The zero-order chi connectivity index (χ0) is 16.6. The zero-order valence-corrected chi connectivity index (χ0v) is 14.5. The number of carbonyl (C=O) groups is 2. The van der Waals surface area contributed by atoms with Gasteiger partial charge < -0.3 is 4.74 Å². The van der Waals surface area contributed by atoms with Crippen molar-refractivity contribution in [1.29, 1.82) is 0 Å². The fraction of sp³-hybridized carbons (Fsp3) is 0.700. The van der Waals surface area contributed by atoms with E-state index in [1.165, 1.54) is 12.0 Å². The Morgan fingerprint density at radius 1 is 1.22 bits per heavy atom. The minimum absolute atomic E-state index is 0.0154. The van der Waals surface area contributed by atoms with Crippen LogP contribution in [0.2, 0.25) is 0 Å². The molecular formula is C20H26O3. The molecule has 2 fully saturated rings. The van der Waals surface area contributed by atoms with E-state index in [9.17, 15) is 9.59 Å². The van der Waals surface area contributed by atoms with Gasteiger partial charge in [0, 0.05) is 0 Å². The summed E-state index contributed by atoms with van der Waals surface area (Å²) in [5.74, 6) is -0.217. The van der Waals surface area contributed by atoms with Gasteiger partial charge in [-0.05, 0) is 54.1 Å². The van der Waals surface area contributed by atoms with Crippen molar-refractivity contribution in [3.63, 3.8) is 0 Å². The molecule has 1 unspecified atom stereocenters. The van der Waals surface area contributed by atoms with Crippen LogP contribution in [0.15, 0.2) is 23.3 Å². The van der Waals surface area contributed by atoms with E-state index in [0.29, 0.717) is 5.92 Å². The average molecular weight is 314 g/mol. The van der Waals surface area contributed by atoms with E-state index in [1.807, 2.05) is 13.8 Å². The minimum atomic E-state index is -0.586. The normalized spacial score (nSPS) is 41.0.